The summed E-state index contributed by atoms with van der Waals surface area (Å²) in [6.45, 7) is 3.75. The fourth-order valence-corrected chi connectivity index (χ4v) is 4.20. The predicted octanol–water partition coefficient (Wildman–Crippen LogP) is 3.93. The van der Waals surface area contributed by atoms with Crippen LogP contribution in [-0.2, 0) is 17.5 Å². The molecule has 1 aliphatic rings. The number of hydrogen-bond donors (Lipinski definition) is 1. The van der Waals surface area contributed by atoms with Crippen LogP contribution < -0.4 is 0 Å². The van der Waals surface area contributed by atoms with Crippen LogP contribution in [0.5, 0.6) is 0 Å². The number of fused-ring (bicyclic) bond motifs is 1. The molecule has 0 radical (unpaired) electrons. The second-order valence-electron chi connectivity index (χ2n) is 7.00. The topological polar surface area (TPSA) is 58.4 Å². The molecular weight excluding hydrogens is 391 g/mol. The first-order valence-corrected chi connectivity index (χ1v) is 10.4. The van der Waals surface area contributed by atoms with Gasteiger partial charge in [-0.15, -0.1) is 0 Å². The number of nitrogens with zero attached hydrogens (tertiary/aromatic N) is 3. The minimum absolute atomic E-state index is 0.0398. The van der Waals surface area contributed by atoms with E-state index in [1.54, 1.807) is 4.90 Å². The van der Waals surface area contributed by atoms with Gasteiger partial charge in [0.2, 0.25) is 5.91 Å². The molecule has 9 heteroatoms. The number of carbonyl (C=O) groups excluding carboxylic acids is 1. The standard InChI is InChI=1S/C19H24F3N3O2S/c1-2-3-8-25-16-5-4-13(19(20,21)22)11-15(16)23-18(25)28-12-17(27)24-9-6-14(26)7-10-24/h4-5,11,14,26H,2-3,6-10,12H2,1H3. The first-order chi connectivity index (χ1) is 13.3. The second-order valence-corrected chi connectivity index (χ2v) is 7.94. The molecule has 2 aromatic rings. The van der Waals surface area contributed by atoms with Crippen molar-refractivity contribution < 1.29 is 23.1 Å². The highest BCUT2D eigenvalue weighted by Gasteiger charge is 2.31. The highest BCUT2D eigenvalue weighted by Crippen LogP contribution is 2.33. The first-order valence-electron chi connectivity index (χ1n) is 9.45. The summed E-state index contributed by atoms with van der Waals surface area (Å²) in [6, 6.07) is 3.60. The molecule has 1 amide bonds. The van der Waals surface area contributed by atoms with Crippen LogP contribution in [0.3, 0.4) is 0 Å². The Hall–Kier alpha value is -1.74. The molecule has 3 rings (SSSR count). The number of likely N-dealkylation sites (tertiary alicyclic amines) is 1. The summed E-state index contributed by atoms with van der Waals surface area (Å²) in [5.74, 6) is 0.138. The number of amides is 1. The van der Waals surface area contributed by atoms with E-state index in [4.69, 9.17) is 0 Å². The molecule has 0 atom stereocenters. The van der Waals surface area contributed by atoms with E-state index < -0.39 is 11.7 Å². The fraction of sp³-hybridized carbons (Fsp3) is 0.579. The van der Waals surface area contributed by atoms with Gasteiger partial charge in [-0.1, -0.05) is 25.1 Å². The van der Waals surface area contributed by atoms with Gasteiger partial charge in [-0.3, -0.25) is 4.79 Å². The Morgan fingerprint density at radius 2 is 2.04 bits per heavy atom. The number of halogens is 3. The molecule has 1 aromatic heterocycles. The van der Waals surface area contributed by atoms with Crippen LogP contribution >= 0.6 is 11.8 Å². The number of aliphatic hydroxyl groups is 1. The lowest BCUT2D eigenvalue weighted by Gasteiger charge is -2.29. The number of rotatable bonds is 6. The van der Waals surface area contributed by atoms with Crippen molar-refractivity contribution in [2.75, 3.05) is 18.8 Å². The fourth-order valence-electron chi connectivity index (χ4n) is 3.26. The van der Waals surface area contributed by atoms with Gasteiger partial charge in [-0.2, -0.15) is 13.2 Å². The van der Waals surface area contributed by atoms with Gasteiger partial charge in [0.05, 0.1) is 28.5 Å². The summed E-state index contributed by atoms with van der Waals surface area (Å²) >= 11 is 1.26. The Balaban J connectivity index is 1.79. The molecule has 0 bridgehead atoms. The van der Waals surface area contributed by atoms with Gasteiger partial charge < -0.3 is 14.6 Å². The third-order valence-electron chi connectivity index (χ3n) is 4.92. The molecule has 28 heavy (non-hydrogen) atoms. The Bertz CT molecular complexity index is 830. The molecule has 2 heterocycles. The summed E-state index contributed by atoms with van der Waals surface area (Å²) in [5, 5.41) is 10.1. The summed E-state index contributed by atoms with van der Waals surface area (Å²) < 4.78 is 40.9. The lowest BCUT2D eigenvalue weighted by atomic mass is 10.1. The van der Waals surface area contributed by atoms with Crippen molar-refractivity contribution in [1.82, 2.24) is 14.5 Å². The van der Waals surface area contributed by atoms with E-state index in [-0.39, 0.29) is 17.8 Å². The van der Waals surface area contributed by atoms with Crippen molar-refractivity contribution in [2.45, 2.75) is 56.6 Å². The average Bonchev–Trinajstić information content (AvgIpc) is 3.01. The molecule has 0 aliphatic carbocycles. The average molecular weight is 415 g/mol. The maximum Gasteiger partial charge on any atom is 0.416 e. The number of hydrogen-bond acceptors (Lipinski definition) is 4. The van der Waals surface area contributed by atoms with Gasteiger partial charge in [0.1, 0.15) is 0 Å². The quantitative estimate of drug-likeness (QED) is 0.727. The highest BCUT2D eigenvalue weighted by molar-refractivity contribution is 7.99. The number of imidazole rings is 1. The minimum Gasteiger partial charge on any atom is -0.393 e. The highest BCUT2D eigenvalue weighted by atomic mass is 32.2. The van der Waals surface area contributed by atoms with Crippen LogP contribution in [0.15, 0.2) is 23.4 Å². The third kappa shape index (κ3) is 4.81. The van der Waals surface area contributed by atoms with E-state index in [9.17, 15) is 23.1 Å². The van der Waals surface area contributed by atoms with Gasteiger partial charge in [0.15, 0.2) is 5.16 Å². The monoisotopic (exact) mass is 415 g/mol. The Kier molecular flexibility index (Phi) is 6.54. The van der Waals surface area contributed by atoms with Crippen molar-refractivity contribution in [2.24, 2.45) is 0 Å². The second kappa shape index (κ2) is 8.73. The normalized spacial score (nSPS) is 16.1. The molecule has 1 fully saturated rings. The number of piperidine rings is 1. The van der Waals surface area contributed by atoms with Crippen molar-refractivity contribution in [3.63, 3.8) is 0 Å². The molecule has 0 saturated carbocycles. The smallest absolute Gasteiger partial charge is 0.393 e. The van der Waals surface area contributed by atoms with Crippen molar-refractivity contribution in [3.05, 3.63) is 23.8 Å². The van der Waals surface area contributed by atoms with Crippen LogP contribution in [0.2, 0.25) is 0 Å². The van der Waals surface area contributed by atoms with E-state index in [0.717, 1.165) is 25.0 Å². The molecule has 1 saturated heterocycles. The number of thioether (sulfide) groups is 1. The van der Waals surface area contributed by atoms with E-state index in [2.05, 4.69) is 4.98 Å². The number of aryl methyl sites for hydroxylation is 1. The molecule has 0 unspecified atom stereocenters. The maximum absolute atomic E-state index is 13.0. The largest absolute Gasteiger partial charge is 0.416 e. The van der Waals surface area contributed by atoms with E-state index in [1.165, 1.54) is 17.8 Å². The summed E-state index contributed by atoms with van der Waals surface area (Å²) in [6.07, 6.45) is -1.80. The Morgan fingerprint density at radius 3 is 2.68 bits per heavy atom. The van der Waals surface area contributed by atoms with E-state index >= 15 is 0 Å². The van der Waals surface area contributed by atoms with Crippen molar-refractivity contribution >= 4 is 28.7 Å². The first kappa shape index (κ1) is 21.0. The van der Waals surface area contributed by atoms with E-state index in [0.29, 0.717) is 48.7 Å². The maximum atomic E-state index is 13.0. The zero-order valence-corrected chi connectivity index (χ0v) is 16.5. The van der Waals surface area contributed by atoms with Gasteiger partial charge in [-0.05, 0) is 37.5 Å². The van der Waals surface area contributed by atoms with Crippen molar-refractivity contribution in [1.29, 1.82) is 0 Å². The Morgan fingerprint density at radius 1 is 1.32 bits per heavy atom. The number of aromatic nitrogens is 2. The van der Waals surface area contributed by atoms with Gasteiger partial charge in [0, 0.05) is 19.6 Å². The lowest BCUT2D eigenvalue weighted by molar-refractivity contribution is -0.137. The van der Waals surface area contributed by atoms with Crippen LogP contribution in [0.1, 0.15) is 38.2 Å². The molecule has 154 valence electrons. The Labute approximate surface area is 165 Å². The molecule has 1 N–H and O–H groups in total. The predicted molar refractivity (Wildman–Crippen MR) is 102 cm³/mol. The van der Waals surface area contributed by atoms with Crippen molar-refractivity contribution in [3.8, 4) is 0 Å². The number of benzene rings is 1. The SMILES string of the molecule is CCCCn1c(SCC(=O)N2CCC(O)CC2)nc2cc(C(F)(F)F)ccc21. The van der Waals surface area contributed by atoms with Crippen LogP contribution in [0.4, 0.5) is 13.2 Å². The third-order valence-corrected chi connectivity index (χ3v) is 5.88. The summed E-state index contributed by atoms with van der Waals surface area (Å²) in [5.41, 5.74) is 0.221. The zero-order valence-electron chi connectivity index (χ0n) is 15.7. The molecule has 1 aliphatic heterocycles. The van der Waals surface area contributed by atoms with Gasteiger partial charge in [-0.25, -0.2) is 4.98 Å². The number of aliphatic hydroxyl groups excluding tert-OH is 1. The van der Waals surface area contributed by atoms with E-state index in [1.807, 2.05) is 11.5 Å². The molecular formula is C19H24F3N3O2S. The van der Waals surface area contributed by atoms with Crippen LogP contribution in [0.25, 0.3) is 11.0 Å². The van der Waals surface area contributed by atoms with Gasteiger partial charge in [0.25, 0.3) is 0 Å². The minimum atomic E-state index is -4.41. The zero-order chi connectivity index (χ0) is 20.3. The molecule has 0 spiro atoms. The van der Waals surface area contributed by atoms with Crippen LogP contribution in [-0.4, -0.2) is 50.4 Å². The van der Waals surface area contributed by atoms with Gasteiger partial charge >= 0.3 is 6.18 Å². The molecule has 1 aromatic carbocycles. The number of unbranched alkanes of at least 4 members (excludes halogenated alkanes) is 1. The molecule has 5 nitrogen and oxygen atoms in total. The lowest BCUT2D eigenvalue weighted by Crippen LogP contribution is -2.40. The summed E-state index contributed by atoms with van der Waals surface area (Å²) in [4.78, 5) is 18.5. The summed E-state index contributed by atoms with van der Waals surface area (Å²) in [7, 11) is 0. The van der Waals surface area contributed by atoms with Crippen LogP contribution in [0, 0.1) is 0 Å². The number of alkyl halides is 3. The number of carbonyl (C=O) groups is 1.